The van der Waals surface area contributed by atoms with Gasteiger partial charge in [-0.2, -0.15) is 0 Å². The molecule has 0 saturated carbocycles. The highest BCUT2D eigenvalue weighted by Gasteiger charge is 2.51. The first kappa shape index (κ1) is 28.7. The van der Waals surface area contributed by atoms with E-state index in [0.29, 0.717) is 0 Å². The van der Waals surface area contributed by atoms with Gasteiger partial charge in [0.1, 0.15) is 0 Å². The second-order valence-electron chi connectivity index (χ2n) is 14.3. The average Bonchev–Trinajstić information content (AvgIpc) is 3.82. The van der Waals surface area contributed by atoms with Gasteiger partial charge in [-0.25, -0.2) is 0 Å². The molecule has 0 saturated heterocycles. The minimum atomic E-state index is -0.553. The van der Waals surface area contributed by atoms with E-state index in [9.17, 15) is 0 Å². The molecule has 248 valence electrons. The van der Waals surface area contributed by atoms with Gasteiger partial charge in [0.05, 0.1) is 51.4 Å². The normalized spacial score (nSPS) is 15.3. The molecule has 1 spiro atoms. The molecule has 0 radical (unpaired) electrons. The second-order valence-corrected chi connectivity index (χ2v) is 14.3. The van der Waals surface area contributed by atoms with Crippen molar-refractivity contribution in [1.29, 1.82) is 0 Å². The lowest BCUT2D eigenvalue weighted by Gasteiger charge is -2.40. The topological polar surface area (TPSA) is 38.9 Å². The lowest BCUT2D eigenvalue weighted by molar-refractivity contribution is 0.749. The van der Waals surface area contributed by atoms with E-state index in [1.54, 1.807) is 0 Å². The Hall–Kier alpha value is -6.98. The van der Waals surface area contributed by atoms with Crippen LogP contribution in [-0.2, 0) is 12.5 Å². The summed E-state index contributed by atoms with van der Waals surface area (Å²) in [5.74, 6) is 0. The Morgan fingerprint density at radius 2 is 1.15 bits per heavy atom. The van der Waals surface area contributed by atoms with E-state index in [-0.39, 0.29) is 0 Å². The first-order valence-electron chi connectivity index (χ1n) is 18.1. The van der Waals surface area contributed by atoms with Crippen molar-refractivity contribution in [3.63, 3.8) is 0 Å². The third kappa shape index (κ3) is 3.51. The summed E-state index contributed by atoms with van der Waals surface area (Å²) < 4.78 is 4.95. The van der Waals surface area contributed by atoms with Gasteiger partial charge in [0.15, 0.2) is 0 Å². The number of pyridine rings is 2. The number of aromatic nitrogens is 4. The molecule has 1 atom stereocenters. The Kier molecular flexibility index (Phi) is 5.58. The van der Waals surface area contributed by atoms with E-state index in [2.05, 4.69) is 165 Å². The van der Waals surface area contributed by atoms with Gasteiger partial charge in [-0.1, -0.05) is 84.9 Å². The van der Waals surface area contributed by atoms with Crippen molar-refractivity contribution in [1.82, 2.24) is 19.1 Å². The number of benzene rings is 6. The molecule has 53 heavy (non-hydrogen) atoms. The Morgan fingerprint density at radius 1 is 0.491 bits per heavy atom. The number of fused-ring (bicyclic) bond motifs is 16. The van der Waals surface area contributed by atoms with Crippen LogP contribution >= 0.6 is 0 Å². The van der Waals surface area contributed by atoms with Crippen LogP contribution in [0.25, 0.3) is 60.4 Å². The maximum Gasteiger partial charge on any atom is 0.0754 e. The van der Waals surface area contributed by atoms with Gasteiger partial charge in [-0.3, -0.25) is 9.97 Å². The molecular weight excluding hydrogens is 647 g/mol. The van der Waals surface area contributed by atoms with Crippen LogP contribution in [0.5, 0.6) is 0 Å². The monoisotopic (exact) mass is 677 g/mol. The zero-order valence-corrected chi connectivity index (χ0v) is 28.9. The fraction of sp³-hybridized carbons (Fsp3) is 0.0417. The summed E-state index contributed by atoms with van der Waals surface area (Å²) in [4.78, 5) is 11.3. The highest BCUT2D eigenvalue weighted by molar-refractivity contribution is 6.27. The zero-order chi connectivity index (χ0) is 34.8. The number of para-hydroxylation sites is 3. The first-order valence-corrected chi connectivity index (χ1v) is 18.1. The summed E-state index contributed by atoms with van der Waals surface area (Å²) in [6.07, 6.45) is 7.48. The van der Waals surface area contributed by atoms with Crippen molar-refractivity contribution in [3.8, 4) is 16.8 Å². The maximum absolute atomic E-state index is 4.50. The predicted molar refractivity (Wildman–Crippen MR) is 216 cm³/mol. The molecule has 0 N–H and O–H groups in total. The molecule has 5 nitrogen and oxygen atoms in total. The van der Waals surface area contributed by atoms with E-state index < -0.39 is 5.41 Å². The summed E-state index contributed by atoms with van der Waals surface area (Å²) in [6.45, 7) is 0. The van der Waals surface area contributed by atoms with Crippen molar-refractivity contribution < 1.29 is 0 Å². The van der Waals surface area contributed by atoms with Crippen LogP contribution in [0.2, 0.25) is 0 Å². The fourth-order valence-electron chi connectivity index (χ4n) is 9.90. The third-order valence-electron chi connectivity index (χ3n) is 11.8. The first-order chi connectivity index (χ1) is 26.2. The van der Waals surface area contributed by atoms with Gasteiger partial charge in [0, 0.05) is 52.2 Å². The molecular formula is C48H31N5. The molecule has 0 fully saturated rings. The molecule has 5 heterocycles. The summed E-state index contributed by atoms with van der Waals surface area (Å²) in [6, 6.07) is 53.8. The minimum Gasteiger partial charge on any atom is -0.343 e. The van der Waals surface area contributed by atoms with Crippen LogP contribution in [0.1, 0.15) is 22.3 Å². The number of rotatable bonds is 3. The van der Waals surface area contributed by atoms with E-state index in [1.807, 2.05) is 36.9 Å². The van der Waals surface area contributed by atoms with Crippen LogP contribution in [0.4, 0.5) is 17.1 Å². The molecule has 6 aromatic carbocycles. The van der Waals surface area contributed by atoms with E-state index in [1.165, 1.54) is 82.7 Å². The summed E-state index contributed by atoms with van der Waals surface area (Å²) in [7, 11) is 2.23. The Balaban J connectivity index is 1.26. The van der Waals surface area contributed by atoms with Crippen LogP contribution in [-0.4, -0.2) is 19.1 Å². The largest absolute Gasteiger partial charge is 0.343 e. The van der Waals surface area contributed by atoms with E-state index >= 15 is 0 Å². The number of anilines is 3. The number of nitrogens with zero attached hydrogens (tertiary/aromatic N) is 5. The van der Waals surface area contributed by atoms with Crippen molar-refractivity contribution in [2.75, 3.05) is 4.90 Å². The van der Waals surface area contributed by atoms with Crippen LogP contribution in [0.15, 0.2) is 170 Å². The molecule has 1 aliphatic carbocycles. The summed E-state index contributed by atoms with van der Waals surface area (Å²) >= 11 is 0. The van der Waals surface area contributed by atoms with Gasteiger partial charge in [-0.05, 0) is 94.0 Å². The van der Waals surface area contributed by atoms with Crippen LogP contribution in [0.3, 0.4) is 0 Å². The molecule has 12 rings (SSSR count). The molecule has 4 aromatic heterocycles. The van der Waals surface area contributed by atoms with E-state index in [4.69, 9.17) is 0 Å². The van der Waals surface area contributed by atoms with Crippen molar-refractivity contribution in [3.05, 3.63) is 193 Å². The summed E-state index contributed by atoms with van der Waals surface area (Å²) in [5.41, 5.74) is 16.4. The molecule has 1 aliphatic heterocycles. The van der Waals surface area contributed by atoms with Crippen molar-refractivity contribution in [2.24, 2.45) is 7.05 Å². The molecule has 2 aliphatic rings. The minimum absolute atomic E-state index is 0.553. The van der Waals surface area contributed by atoms with Gasteiger partial charge >= 0.3 is 0 Å². The highest BCUT2D eigenvalue weighted by Crippen LogP contribution is 2.62. The second kappa shape index (κ2) is 10.3. The number of hydrogen-bond acceptors (Lipinski definition) is 3. The van der Waals surface area contributed by atoms with Gasteiger partial charge in [0.25, 0.3) is 0 Å². The lowest BCUT2D eigenvalue weighted by Crippen LogP contribution is -2.33. The Labute approximate surface area is 305 Å². The Bertz CT molecular complexity index is 3100. The van der Waals surface area contributed by atoms with Crippen molar-refractivity contribution in [2.45, 2.75) is 5.41 Å². The molecule has 0 bridgehead atoms. The van der Waals surface area contributed by atoms with Crippen molar-refractivity contribution >= 4 is 60.7 Å². The standard InChI is InChI=1S/C48H31N5/c1-51-42-19-7-3-15-34(42)37-27-41-47-45(46(37)51)35-16-4-8-20-43(35)53(47)44-21-9-6-18-40(44)48(41)38-17-5-2-14-33(38)36-26-30(22-23-39(36)48)52(31-12-10-24-49-28-31)32-13-11-25-50-29-32/h2-29H,1H3. The Morgan fingerprint density at radius 3 is 1.92 bits per heavy atom. The zero-order valence-electron chi connectivity index (χ0n) is 28.9. The van der Waals surface area contributed by atoms with Gasteiger partial charge in [-0.15, -0.1) is 0 Å². The quantitative estimate of drug-likeness (QED) is 0.187. The number of aryl methyl sites for hydroxylation is 1. The van der Waals surface area contributed by atoms with Gasteiger partial charge < -0.3 is 14.0 Å². The smallest absolute Gasteiger partial charge is 0.0754 e. The predicted octanol–water partition coefficient (Wildman–Crippen LogP) is 11.4. The molecule has 0 amide bonds. The van der Waals surface area contributed by atoms with Gasteiger partial charge in [0.2, 0.25) is 0 Å². The van der Waals surface area contributed by atoms with Crippen LogP contribution in [0, 0.1) is 0 Å². The summed E-state index contributed by atoms with van der Waals surface area (Å²) in [5, 5.41) is 5.15. The third-order valence-corrected chi connectivity index (χ3v) is 11.8. The SMILES string of the molecule is Cn1c2ccccc2c2cc3c4c(c5ccccc5n4-c4ccccc4C34c3ccccc3-c3cc(N(c5cccnc5)c5cccnc5)ccc34)c21. The average molecular weight is 678 g/mol. The lowest BCUT2D eigenvalue weighted by atomic mass is 9.65. The maximum atomic E-state index is 4.50. The molecule has 1 unspecified atom stereocenters. The molecule has 5 heteroatoms. The van der Waals surface area contributed by atoms with E-state index in [0.717, 1.165) is 17.1 Å². The fourth-order valence-corrected chi connectivity index (χ4v) is 9.90. The van der Waals surface area contributed by atoms with Crippen LogP contribution < -0.4 is 4.90 Å². The number of hydrogen-bond donors (Lipinski definition) is 0. The highest BCUT2D eigenvalue weighted by atomic mass is 15.2. The molecule has 10 aromatic rings.